The SMILES string of the molecule is Brc1ccc(N2CCN3CCCCC3C2)c(Br)c1. The topological polar surface area (TPSA) is 6.48 Å². The quantitative estimate of drug-likeness (QED) is 0.736. The maximum Gasteiger partial charge on any atom is 0.0512 e. The molecular formula is C14H18Br2N2. The molecule has 1 aromatic rings. The Morgan fingerprint density at radius 2 is 1.94 bits per heavy atom. The van der Waals surface area contributed by atoms with Gasteiger partial charge in [-0.25, -0.2) is 0 Å². The van der Waals surface area contributed by atoms with E-state index in [-0.39, 0.29) is 0 Å². The van der Waals surface area contributed by atoms with E-state index in [9.17, 15) is 0 Å². The fourth-order valence-electron chi connectivity index (χ4n) is 3.11. The van der Waals surface area contributed by atoms with Crippen molar-refractivity contribution in [2.75, 3.05) is 31.1 Å². The molecule has 1 unspecified atom stereocenters. The van der Waals surface area contributed by atoms with Crippen molar-refractivity contribution in [2.45, 2.75) is 25.3 Å². The molecule has 0 radical (unpaired) electrons. The van der Waals surface area contributed by atoms with Crippen LogP contribution in [0.3, 0.4) is 0 Å². The molecule has 3 rings (SSSR count). The molecule has 2 aliphatic heterocycles. The summed E-state index contributed by atoms with van der Waals surface area (Å²) in [6.07, 6.45) is 4.15. The number of hydrogen-bond acceptors (Lipinski definition) is 2. The summed E-state index contributed by atoms with van der Waals surface area (Å²) in [6, 6.07) is 7.26. The summed E-state index contributed by atoms with van der Waals surface area (Å²) in [7, 11) is 0. The second-order valence-electron chi connectivity index (χ2n) is 5.23. The molecule has 18 heavy (non-hydrogen) atoms. The van der Waals surface area contributed by atoms with E-state index in [1.165, 1.54) is 49.1 Å². The average molecular weight is 374 g/mol. The lowest BCUT2D eigenvalue weighted by Gasteiger charge is -2.45. The molecule has 1 atom stereocenters. The van der Waals surface area contributed by atoms with Crippen LogP contribution < -0.4 is 4.90 Å². The van der Waals surface area contributed by atoms with Crippen LogP contribution in [-0.4, -0.2) is 37.1 Å². The predicted octanol–water partition coefficient (Wildman–Crippen LogP) is 3.89. The van der Waals surface area contributed by atoms with Crippen LogP contribution in [0.25, 0.3) is 0 Å². The first kappa shape index (κ1) is 12.9. The molecule has 0 N–H and O–H groups in total. The molecule has 0 amide bonds. The Balaban J connectivity index is 1.77. The molecule has 0 spiro atoms. The standard InChI is InChI=1S/C14H18Br2N2/c15-11-4-5-14(13(16)9-11)18-8-7-17-6-2-1-3-12(17)10-18/h4-5,9,12H,1-3,6-8,10H2. The Labute approximate surface area is 126 Å². The van der Waals surface area contributed by atoms with Crippen LogP contribution in [0.4, 0.5) is 5.69 Å². The highest BCUT2D eigenvalue weighted by Gasteiger charge is 2.29. The van der Waals surface area contributed by atoms with Crippen LogP contribution in [-0.2, 0) is 0 Å². The Bertz CT molecular complexity index is 436. The first-order valence-electron chi connectivity index (χ1n) is 6.68. The number of hydrogen-bond donors (Lipinski definition) is 0. The lowest BCUT2D eigenvalue weighted by Crippen LogP contribution is -2.55. The zero-order valence-electron chi connectivity index (χ0n) is 10.4. The van der Waals surface area contributed by atoms with Crippen molar-refractivity contribution in [2.24, 2.45) is 0 Å². The maximum atomic E-state index is 3.69. The summed E-state index contributed by atoms with van der Waals surface area (Å²) >= 11 is 7.20. The third-order valence-electron chi connectivity index (χ3n) is 4.09. The second-order valence-corrected chi connectivity index (χ2v) is 7.00. The van der Waals surface area contributed by atoms with E-state index in [1.807, 2.05) is 0 Å². The molecule has 0 saturated carbocycles. The van der Waals surface area contributed by atoms with Crippen molar-refractivity contribution in [3.8, 4) is 0 Å². The van der Waals surface area contributed by atoms with E-state index in [2.05, 4.69) is 59.9 Å². The number of benzene rings is 1. The molecule has 4 heteroatoms. The van der Waals surface area contributed by atoms with Crippen molar-refractivity contribution < 1.29 is 0 Å². The summed E-state index contributed by atoms with van der Waals surface area (Å²) in [5, 5.41) is 0. The highest BCUT2D eigenvalue weighted by atomic mass is 79.9. The van der Waals surface area contributed by atoms with Gasteiger partial charge >= 0.3 is 0 Å². The first-order chi connectivity index (χ1) is 8.74. The molecule has 0 aliphatic carbocycles. The van der Waals surface area contributed by atoms with Gasteiger partial charge in [-0.3, -0.25) is 4.90 Å². The van der Waals surface area contributed by atoms with Crippen molar-refractivity contribution in [1.29, 1.82) is 0 Å². The zero-order valence-corrected chi connectivity index (χ0v) is 13.6. The van der Waals surface area contributed by atoms with Gasteiger partial charge in [0.05, 0.1) is 5.69 Å². The zero-order chi connectivity index (χ0) is 12.5. The molecule has 0 bridgehead atoms. The number of nitrogens with zero attached hydrogens (tertiary/aromatic N) is 2. The van der Waals surface area contributed by atoms with Gasteiger partial charge in [0.25, 0.3) is 0 Å². The molecule has 0 aromatic heterocycles. The predicted molar refractivity (Wildman–Crippen MR) is 83.3 cm³/mol. The van der Waals surface area contributed by atoms with Crippen LogP contribution in [0, 0.1) is 0 Å². The van der Waals surface area contributed by atoms with Crippen LogP contribution in [0.2, 0.25) is 0 Å². The number of anilines is 1. The van der Waals surface area contributed by atoms with Gasteiger partial charge in [-0.05, 0) is 53.5 Å². The Morgan fingerprint density at radius 1 is 1.06 bits per heavy atom. The number of piperazine rings is 1. The van der Waals surface area contributed by atoms with Gasteiger partial charge in [0.2, 0.25) is 0 Å². The van der Waals surface area contributed by atoms with Gasteiger partial charge in [-0.2, -0.15) is 0 Å². The van der Waals surface area contributed by atoms with Gasteiger partial charge in [-0.1, -0.05) is 22.4 Å². The number of piperidine rings is 1. The minimum atomic E-state index is 0.767. The second kappa shape index (κ2) is 5.51. The molecule has 2 nitrogen and oxygen atoms in total. The molecule has 2 saturated heterocycles. The van der Waals surface area contributed by atoms with Crippen LogP contribution >= 0.6 is 31.9 Å². The van der Waals surface area contributed by atoms with Crippen LogP contribution in [0.1, 0.15) is 19.3 Å². The summed E-state index contributed by atoms with van der Waals surface area (Å²) in [6.45, 7) is 4.85. The highest BCUT2D eigenvalue weighted by molar-refractivity contribution is 9.11. The Hall–Kier alpha value is -0.0600. The Morgan fingerprint density at radius 3 is 2.78 bits per heavy atom. The Kier molecular flexibility index (Phi) is 3.97. The van der Waals surface area contributed by atoms with Gasteiger partial charge in [0.1, 0.15) is 0 Å². The molecule has 2 fully saturated rings. The lowest BCUT2D eigenvalue weighted by molar-refractivity contribution is 0.133. The van der Waals surface area contributed by atoms with E-state index in [0.717, 1.165) is 17.1 Å². The average Bonchev–Trinajstić information content (AvgIpc) is 2.38. The van der Waals surface area contributed by atoms with Gasteiger partial charge < -0.3 is 4.90 Å². The minimum absolute atomic E-state index is 0.767. The van der Waals surface area contributed by atoms with Crippen molar-refractivity contribution >= 4 is 37.5 Å². The third kappa shape index (κ3) is 2.61. The highest BCUT2D eigenvalue weighted by Crippen LogP contribution is 2.32. The summed E-state index contributed by atoms with van der Waals surface area (Å²) < 4.78 is 2.33. The normalized spacial score (nSPS) is 25.0. The van der Waals surface area contributed by atoms with E-state index in [0.29, 0.717) is 0 Å². The molecule has 1 aromatic carbocycles. The third-order valence-corrected chi connectivity index (χ3v) is 5.22. The minimum Gasteiger partial charge on any atom is -0.368 e. The molecule has 98 valence electrons. The van der Waals surface area contributed by atoms with Gasteiger partial charge in [0.15, 0.2) is 0 Å². The summed E-state index contributed by atoms with van der Waals surface area (Å²) in [4.78, 5) is 5.20. The monoisotopic (exact) mass is 372 g/mol. The fraction of sp³-hybridized carbons (Fsp3) is 0.571. The number of fused-ring (bicyclic) bond motifs is 1. The van der Waals surface area contributed by atoms with E-state index in [4.69, 9.17) is 0 Å². The van der Waals surface area contributed by atoms with E-state index < -0.39 is 0 Å². The van der Waals surface area contributed by atoms with Crippen molar-refractivity contribution in [3.05, 3.63) is 27.1 Å². The van der Waals surface area contributed by atoms with Crippen molar-refractivity contribution in [1.82, 2.24) is 4.90 Å². The van der Waals surface area contributed by atoms with Crippen molar-refractivity contribution in [3.63, 3.8) is 0 Å². The molecule has 2 heterocycles. The van der Waals surface area contributed by atoms with Crippen LogP contribution in [0.15, 0.2) is 27.1 Å². The largest absolute Gasteiger partial charge is 0.368 e. The van der Waals surface area contributed by atoms with E-state index in [1.54, 1.807) is 0 Å². The molecule has 2 aliphatic rings. The molecular weight excluding hydrogens is 356 g/mol. The number of halogens is 2. The van der Waals surface area contributed by atoms with Gasteiger partial charge in [0, 0.05) is 34.6 Å². The summed E-state index contributed by atoms with van der Waals surface area (Å²) in [5.41, 5.74) is 1.34. The lowest BCUT2D eigenvalue weighted by atomic mass is 9.99. The van der Waals surface area contributed by atoms with E-state index >= 15 is 0 Å². The first-order valence-corrected chi connectivity index (χ1v) is 8.27. The summed E-state index contributed by atoms with van der Waals surface area (Å²) in [5.74, 6) is 0. The fourth-order valence-corrected chi connectivity index (χ4v) is 4.41. The van der Waals surface area contributed by atoms with Crippen LogP contribution in [0.5, 0.6) is 0 Å². The maximum absolute atomic E-state index is 3.69. The smallest absolute Gasteiger partial charge is 0.0512 e. The number of rotatable bonds is 1. The van der Waals surface area contributed by atoms with Gasteiger partial charge in [-0.15, -0.1) is 0 Å².